The minimum atomic E-state index is -0.608. The van der Waals surface area contributed by atoms with Crippen molar-refractivity contribution in [1.29, 1.82) is 0 Å². The Hall–Kier alpha value is -1.87. The molecule has 5 unspecified atom stereocenters. The highest BCUT2D eigenvalue weighted by molar-refractivity contribution is 7.15. The van der Waals surface area contributed by atoms with Gasteiger partial charge in [-0.1, -0.05) is 13.8 Å². The summed E-state index contributed by atoms with van der Waals surface area (Å²) in [7, 11) is 0. The number of ether oxygens (including phenoxy) is 1. The van der Waals surface area contributed by atoms with E-state index in [-0.39, 0.29) is 29.8 Å². The number of morpholine rings is 1. The van der Waals surface area contributed by atoms with Gasteiger partial charge in [0.25, 0.3) is 0 Å². The number of hydrogen-bond acceptors (Lipinski definition) is 7. The van der Waals surface area contributed by atoms with E-state index in [4.69, 9.17) is 9.72 Å². The Kier molecular flexibility index (Phi) is 6.05. The molecule has 33 heavy (non-hydrogen) atoms. The first-order valence-corrected chi connectivity index (χ1v) is 12.7. The van der Waals surface area contributed by atoms with Gasteiger partial charge in [-0.25, -0.2) is 4.98 Å². The van der Waals surface area contributed by atoms with Gasteiger partial charge in [-0.15, -0.1) is 11.3 Å². The second kappa shape index (κ2) is 8.73. The van der Waals surface area contributed by atoms with Gasteiger partial charge < -0.3 is 19.8 Å². The maximum atomic E-state index is 13.4. The van der Waals surface area contributed by atoms with Crippen LogP contribution in [0, 0.1) is 16.7 Å². The summed E-state index contributed by atoms with van der Waals surface area (Å²) in [6.07, 6.45) is 5.63. The third kappa shape index (κ3) is 3.81. The summed E-state index contributed by atoms with van der Waals surface area (Å²) in [6.45, 7) is 6.61. The molecule has 0 spiro atoms. The molecule has 5 rings (SSSR count). The van der Waals surface area contributed by atoms with Crippen molar-refractivity contribution in [3.05, 3.63) is 35.1 Å². The molecular weight excluding hydrogens is 438 g/mol. The molecule has 2 aromatic heterocycles. The molecule has 0 radical (unpaired) electrons. The van der Waals surface area contributed by atoms with Crippen LogP contribution in [0.1, 0.15) is 49.6 Å². The Morgan fingerprint density at radius 3 is 2.82 bits per heavy atom. The summed E-state index contributed by atoms with van der Waals surface area (Å²) in [6, 6.07) is 3.93. The van der Waals surface area contributed by atoms with Gasteiger partial charge in [-0.2, -0.15) is 0 Å². The Bertz CT molecular complexity index is 1010. The van der Waals surface area contributed by atoms with E-state index < -0.39 is 11.5 Å². The minimum Gasteiger partial charge on any atom is -0.396 e. The number of pyridine rings is 1. The van der Waals surface area contributed by atoms with Crippen molar-refractivity contribution < 1.29 is 19.7 Å². The van der Waals surface area contributed by atoms with Crippen LogP contribution < -0.4 is 0 Å². The zero-order chi connectivity index (χ0) is 23.2. The molecule has 5 atom stereocenters. The predicted octanol–water partition coefficient (Wildman–Crippen LogP) is 2.87. The summed E-state index contributed by atoms with van der Waals surface area (Å²) < 4.78 is 5.44. The van der Waals surface area contributed by atoms with Crippen molar-refractivity contribution in [3.63, 3.8) is 0 Å². The maximum Gasteiger partial charge on any atom is 0.223 e. The molecular formula is C25H33N3O4S. The number of aliphatic hydroxyl groups is 2. The fourth-order valence-corrected chi connectivity index (χ4v) is 7.53. The van der Waals surface area contributed by atoms with Crippen molar-refractivity contribution in [3.8, 4) is 10.6 Å². The number of carbonyl (C=O) groups excluding carboxylic acids is 1. The lowest BCUT2D eigenvalue weighted by Crippen LogP contribution is -2.58. The average molecular weight is 472 g/mol. The first kappa shape index (κ1) is 22.9. The molecule has 8 heteroatoms. The van der Waals surface area contributed by atoms with Crippen LogP contribution in [0.25, 0.3) is 10.6 Å². The van der Waals surface area contributed by atoms with Crippen molar-refractivity contribution in [2.75, 3.05) is 32.9 Å². The van der Waals surface area contributed by atoms with Crippen LogP contribution in [0.2, 0.25) is 0 Å². The third-order valence-electron chi connectivity index (χ3n) is 8.54. The quantitative estimate of drug-likeness (QED) is 0.712. The molecule has 3 heterocycles. The smallest absolute Gasteiger partial charge is 0.223 e. The minimum absolute atomic E-state index is 0.0540. The normalized spacial score (nSPS) is 33.9. The number of thiazole rings is 1. The molecule has 1 saturated carbocycles. The number of amides is 1. The van der Waals surface area contributed by atoms with Gasteiger partial charge in [0.1, 0.15) is 5.01 Å². The number of carbonyl (C=O) groups is 1. The van der Waals surface area contributed by atoms with Crippen molar-refractivity contribution in [1.82, 2.24) is 14.9 Å². The largest absolute Gasteiger partial charge is 0.396 e. The SMILES string of the molecule is CC1(CO)C(O)CCC2(C)C(CC(=O)N3CCOCC3)c3nc(-c4cccnc4)sc3CC12. The first-order valence-electron chi connectivity index (χ1n) is 11.9. The monoisotopic (exact) mass is 471 g/mol. The van der Waals surface area contributed by atoms with Crippen LogP contribution in [0.15, 0.2) is 24.5 Å². The number of rotatable bonds is 4. The second-order valence-electron chi connectivity index (χ2n) is 10.3. The van der Waals surface area contributed by atoms with Crippen molar-refractivity contribution in [2.45, 2.75) is 51.6 Å². The molecule has 1 saturated heterocycles. The lowest BCUT2D eigenvalue weighted by atomic mass is 9.47. The van der Waals surface area contributed by atoms with E-state index in [0.717, 1.165) is 29.1 Å². The van der Waals surface area contributed by atoms with E-state index in [1.807, 2.05) is 30.2 Å². The molecule has 2 aromatic rings. The fourth-order valence-electron chi connectivity index (χ4n) is 6.37. The standard InChI is InChI=1S/C25H33N3O4S/c1-24-6-5-20(30)25(2,15-29)19(24)13-18-22(27-23(33-18)16-4-3-7-26-14-16)17(24)12-21(31)28-8-10-32-11-9-28/h3-4,7,14,17,19-20,29-30H,5-6,8-13,15H2,1-2H3. The second-order valence-corrected chi connectivity index (χ2v) is 11.4. The third-order valence-corrected chi connectivity index (χ3v) is 9.69. The molecule has 2 N–H and O–H groups in total. The van der Waals surface area contributed by atoms with Crippen LogP contribution in [0.4, 0.5) is 0 Å². The zero-order valence-corrected chi connectivity index (χ0v) is 20.2. The number of nitrogens with zero attached hydrogens (tertiary/aromatic N) is 3. The van der Waals surface area contributed by atoms with Gasteiger partial charge in [-0.3, -0.25) is 9.78 Å². The first-order chi connectivity index (χ1) is 15.9. The van der Waals surface area contributed by atoms with E-state index in [2.05, 4.69) is 11.9 Å². The molecule has 1 amide bonds. The maximum absolute atomic E-state index is 13.4. The van der Waals surface area contributed by atoms with Gasteiger partial charge in [0, 0.05) is 53.7 Å². The molecule has 2 aliphatic carbocycles. The van der Waals surface area contributed by atoms with Gasteiger partial charge in [0.2, 0.25) is 5.91 Å². The number of fused-ring (bicyclic) bond motifs is 2. The van der Waals surface area contributed by atoms with E-state index >= 15 is 0 Å². The number of aromatic nitrogens is 2. The van der Waals surface area contributed by atoms with E-state index in [9.17, 15) is 15.0 Å². The Morgan fingerprint density at radius 1 is 1.33 bits per heavy atom. The summed E-state index contributed by atoms with van der Waals surface area (Å²) >= 11 is 1.66. The highest BCUT2D eigenvalue weighted by Crippen LogP contribution is 2.63. The molecule has 7 nitrogen and oxygen atoms in total. The number of aliphatic hydroxyl groups excluding tert-OH is 2. The molecule has 3 aliphatic rings. The van der Waals surface area contributed by atoms with Crippen LogP contribution >= 0.6 is 11.3 Å². The highest BCUT2D eigenvalue weighted by Gasteiger charge is 2.59. The van der Waals surface area contributed by atoms with Gasteiger partial charge in [-0.05, 0) is 42.7 Å². The zero-order valence-electron chi connectivity index (χ0n) is 19.4. The molecule has 2 fully saturated rings. The van der Waals surface area contributed by atoms with Gasteiger partial charge in [0.05, 0.1) is 31.6 Å². The lowest BCUT2D eigenvalue weighted by molar-refractivity contribution is -0.149. The molecule has 0 aromatic carbocycles. The molecule has 178 valence electrons. The molecule has 0 bridgehead atoms. The Labute approximate surface area is 198 Å². The highest BCUT2D eigenvalue weighted by atomic mass is 32.1. The fraction of sp³-hybridized carbons (Fsp3) is 0.640. The summed E-state index contributed by atoms with van der Waals surface area (Å²) in [4.78, 5) is 25.8. The van der Waals surface area contributed by atoms with E-state index in [1.165, 1.54) is 4.88 Å². The summed E-state index contributed by atoms with van der Waals surface area (Å²) in [5, 5.41) is 22.2. The topological polar surface area (TPSA) is 95.8 Å². The van der Waals surface area contributed by atoms with Crippen LogP contribution in [-0.2, 0) is 16.0 Å². The summed E-state index contributed by atoms with van der Waals surface area (Å²) in [5.41, 5.74) is 1.17. The van der Waals surface area contributed by atoms with Crippen molar-refractivity contribution >= 4 is 17.2 Å². The average Bonchev–Trinajstić information content (AvgIpc) is 3.28. The Morgan fingerprint density at radius 2 is 2.12 bits per heavy atom. The van der Waals surface area contributed by atoms with Crippen LogP contribution in [0.5, 0.6) is 0 Å². The lowest BCUT2D eigenvalue weighted by Gasteiger charge is -2.58. The predicted molar refractivity (Wildman–Crippen MR) is 126 cm³/mol. The van der Waals surface area contributed by atoms with Crippen LogP contribution in [-0.4, -0.2) is 70.0 Å². The van der Waals surface area contributed by atoms with E-state index in [1.54, 1.807) is 17.5 Å². The Balaban J connectivity index is 1.57. The van der Waals surface area contributed by atoms with Gasteiger partial charge >= 0.3 is 0 Å². The van der Waals surface area contributed by atoms with Crippen LogP contribution in [0.3, 0.4) is 0 Å². The van der Waals surface area contributed by atoms with Gasteiger partial charge in [0.15, 0.2) is 0 Å². The number of hydrogen-bond donors (Lipinski definition) is 2. The van der Waals surface area contributed by atoms with E-state index in [0.29, 0.717) is 39.1 Å². The molecule has 1 aliphatic heterocycles. The van der Waals surface area contributed by atoms with Crippen molar-refractivity contribution in [2.24, 2.45) is 16.7 Å². The summed E-state index contributed by atoms with van der Waals surface area (Å²) in [5.74, 6) is 0.154.